The number of carbonyl (C=O) groups is 1. The molecule has 1 aromatic carbocycles. The van der Waals surface area contributed by atoms with E-state index in [0.717, 1.165) is 24.9 Å². The van der Waals surface area contributed by atoms with Crippen molar-refractivity contribution in [2.45, 2.75) is 31.8 Å². The monoisotopic (exact) mass is 354 g/mol. The maximum absolute atomic E-state index is 12.6. The topological polar surface area (TPSA) is 84.2 Å². The van der Waals surface area contributed by atoms with Crippen molar-refractivity contribution >= 4 is 16.8 Å². The van der Waals surface area contributed by atoms with E-state index in [4.69, 9.17) is 9.26 Å². The number of likely N-dealkylation sites (tertiary alicyclic amines) is 1. The molecule has 2 aromatic heterocycles. The molecule has 0 aliphatic carbocycles. The van der Waals surface area contributed by atoms with E-state index in [1.165, 1.54) is 10.9 Å². The molecule has 7 heteroatoms. The van der Waals surface area contributed by atoms with Gasteiger partial charge in [-0.3, -0.25) is 4.79 Å². The van der Waals surface area contributed by atoms with Gasteiger partial charge in [0, 0.05) is 49.6 Å². The molecule has 0 saturated carbocycles. The van der Waals surface area contributed by atoms with Crippen LogP contribution in [0.3, 0.4) is 0 Å². The van der Waals surface area contributed by atoms with E-state index >= 15 is 0 Å². The summed E-state index contributed by atoms with van der Waals surface area (Å²) in [6, 6.07) is 8.17. The lowest BCUT2D eigenvalue weighted by Crippen LogP contribution is -2.28. The second-order valence-electron chi connectivity index (χ2n) is 6.66. The highest BCUT2D eigenvalue weighted by molar-refractivity contribution is 5.84. The number of aryl methyl sites for hydroxylation is 1. The zero-order chi connectivity index (χ0) is 17.9. The second kappa shape index (κ2) is 7.29. The zero-order valence-electron chi connectivity index (χ0n) is 14.8. The number of hydrogen-bond acceptors (Lipinski definition) is 5. The standard InChI is InChI=1S/C19H22N4O3/c1-25-12-17-21-19(22-26-17)14-8-9-23(11-14)18(24)7-6-13-10-20-16-5-3-2-4-15(13)16/h2-5,10,14,20H,6-9,11-12H2,1H3. The highest BCUT2D eigenvalue weighted by atomic mass is 16.5. The van der Waals surface area contributed by atoms with Crippen LogP contribution in [0.2, 0.25) is 0 Å². The molecule has 1 N–H and O–H groups in total. The van der Waals surface area contributed by atoms with E-state index < -0.39 is 0 Å². The van der Waals surface area contributed by atoms with Crippen LogP contribution in [0.4, 0.5) is 0 Å². The first kappa shape index (κ1) is 16.8. The minimum atomic E-state index is 0.140. The van der Waals surface area contributed by atoms with Crippen molar-refractivity contribution in [2.75, 3.05) is 20.2 Å². The van der Waals surface area contributed by atoms with Crippen molar-refractivity contribution in [2.24, 2.45) is 0 Å². The Morgan fingerprint density at radius 2 is 2.31 bits per heavy atom. The number of H-pyrrole nitrogens is 1. The molecule has 1 aliphatic heterocycles. The fourth-order valence-corrected chi connectivity index (χ4v) is 3.55. The summed E-state index contributed by atoms with van der Waals surface area (Å²) in [4.78, 5) is 22.1. The minimum Gasteiger partial charge on any atom is -0.375 e. The van der Waals surface area contributed by atoms with Crippen LogP contribution in [0.15, 0.2) is 35.0 Å². The van der Waals surface area contributed by atoms with Crippen molar-refractivity contribution < 1.29 is 14.1 Å². The molecule has 1 saturated heterocycles. The Morgan fingerprint density at radius 3 is 3.19 bits per heavy atom. The van der Waals surface area contributed by atoms with E-state index in [2.05, 4.69) is 27.3 Å². The van der Waals surface area contributed by atoms with E-state index in [9.17, 15) is 4.79 Å². The van der Waals surface area contributed by atoms with Crippen molar-refractivity contribution in [3.8, 4) is 0 Å². The molecule has 3 heterocycles. The summed E-state index contributed by atoms with van der Waals surface area (Å²) in [5.41, 5.74) is 2.30. The van der Waals surface area contributed by atoms with Crippen molar-refractivity contribution in [1.82, 2.24) is 20.0 Å². The molecule has 0 bridgehead atoms. The van der Waals surface area contributed by atoms with Gasteiger partial charge in [0.05, 0.1) is 0 Å². The number of para-hydroxylation sites is 1. The molecule has 136 valence electrons. The quantitative estimate of drug-likeness (QED) is 0.736. The van der Waals surface area contributed by atoms with E-state index in [0.29, 0.717) is 31.3 Å². The Bertz CT molecular complexity index is 901. The zero-order valence-corrected chi connectivity index (χ0v) is 14.8. The Hall–Kier alpha value is -2.67. The number of nitrogens with zero attached hydrogens (tertiary/aromatic N) is 3. The summed E-state index contributed by atoms with van der Waals surface area (Å²) >= 11 is 0. The first-order valence-corrected chi connectivity index (χ1v) is 8.89. The van der Waals surface area contributed by atoms with Crippen LogP contribution in [0.25, 0.3) is 10.9 Å². The molecule has 1 unspecified atom stereocenters. The molecule has 0 spiro atoms. The molecule has 7 nitrogen and oxygen atoms in total. The number of fused-ring (bicyclic) bond motifs is 1. The van der Waals surface area contributed by atoms with E-state index in [1.54, 1.807) is 7.11 Å². The largest absolute Gasteiger partial charge is 0.375 e. The molecule has 3 aromatic rings. The lowest BCUT2D eigenvalue weighted by atomic mass is 10.1. The first-order chi connectivity index (χ1) is 12.7. The highest BCUT2D eigenvalue weighted by Gasteiger charge is 2.30. The van der Waals surface area contributed by atoms with Crippen LogP contribution in [0.5, 0.6) is 0 Å². The summed E-state index contributed by atoms with van der Waals surface area (Å²) in [5, 5.41) is 5.21. The van der Waals surface area contributed by atoms with Crippen LogP contribution < -0.4 is 0 Å². The summed E-state index contributed by atoms with van der Waals surface area (Å²) in [6.07, 6.45) is 4.12. The second-order valence-corrected chi connectivity index (χ2v) is 6.66. The van der Waals surface area contributed by atoms with Gasteiger partial charge in [-0.15, -0.1) is 0 Å². The van der Waals surface area contributed by atoms with Gasteiger partial charge in [-0.05, 0) is 24.5 Å². The third kappa shape index (κ3) is 3.35. The van der Waals surface area contributed by atoms with Crippen LogP contribution in [0.1, 0.15) is 36.0 Å². The number of benzene rings is 1. The molecule has 4 rings (SSSR count). The van der Waals surface area contributed by atoms with Crippen LogP contribution >= 0.6 is 0 Å². The van der Waals surface area contributed by atoms with Gasteiger partial charge in [-0.2, -0.15) is 4.98 Å². The third-order valence-corrected chi connectivity index (χ3v) is 4.94. The number of ether oxygens (including phenoxy) is 1. The number of nitrogens with one attached hydrogen (secondary N) is 1. The van der Waals surface area contributed by atoms with Crippen LogP contribution in [-0.2, 0) is 22.6 Å². The number of aromatic amines is 1. The van der Waals surface area contributed by atoms with Gasteiger partial charge in [0.25, 0.3) is 5.89 Å². The number of amides is 1. The third-order valence-electron chi connectivity index (χ3n) is 4.94. The van der Waals surface area contributed by atoms with Gasteiger partial charge < -0.3 is 19.1 Å². The number of hydrogen-bond donors (Lipinski definition) is 1. The average Bonchev–Trinajstić information content (AvgIpc) is 3.39. The molecule has 1 amide bonds. The van der Waals surface area contributed by atoms with E-state index in [1.807, 2.05) is 23.2 Å². The lowest BCUT2D eigenvalue weighted by molar-refractivity contribution is -0.130. The maximum atomic E-state index is 12.6. The van der Waals surface area contributed by atoms with Crippen molar-refractivity contribution in [1.29, 1.82) is 0 Å². The van der Waals surface area contributed by atoms with Crippen molar-refractivity contribution in [3.05, 3.63) is 47.7 Å². The lowest BCUT2D eigenvalue weighted by Gasteiger charge is -2.15. The fourth-order valence-electron chi connectivity index (χ4n) is 3.55. The summed E-state index contributed by atoms with van der Waals surface area (Å²) < 4.78 is 10.2. The molecule has 26 heavy (non-hydrogen) atoms. The SMILES string of the molecule is COCc1nc(C2CCN(C(=O)CCc3c[nH]c4ccccc34)C2)no1. The van der Waals surface area contributed by atoms with Gasteiger partial charge in [-0.1, -0.05) is 23.4 Å². The molecule has 1 fully saturated rings. The predicted molar refractivity (Wildman–Crippen MR) is 95.6 cm³/mol. The molecule has 0 radical (unpaired) electrons. The summed E-state index contributed by atoms with van der Waals surface area (Å²) in [7, 11) is 1.59. The van der Waals surface area contributed by atoms with Gasteiger partial charge in [0.1, 0.15) is 6.61 Å². The Balaban J connectivity index is 1.34. The van der Waals surface area contributed by atoms with Gasteiger partial charge in [-0.25, -0.2) is 0 Å². The minimum absolute atomic E-state index is 0.140. The number of aromatic nitrogens is 3. The fraction of sp³-hybridized carbons (Fsp3) is 0.421. The van der Waals surface area contributed by atoms with E-state index in [-0.39, 0.29) is 11.8 Å². The first-order valence-electron chi connectivity index (χ1n) is 8.89. The predicted octanol–water partition coefficient (Wildman–Crippen LogP) is 2.65. The average molecular weight is 354 g/mol. The number of rotatable bonds is 6. The van der Waals surface area contributed by atoms with Gasteiger partial charge in [0.2, 0.25) is 5.91 Å². The molecule has 1 atom stereocenters. The summed E-state index contributed by atoms with van der Waals surface area (Å²) in [6.45, 7) is 1.71. The highest BCUT2D eigenvalue weighted by Crippen LogP contribution is 2.26. The number of carbonyl (C=O) groups excluding carboxylic acids is 1. The molecule has 1 aliphatic rings. The van der Waals surface area contributed by atoms with Crippen LogP contribution in [0, 0.1) is 0 Å². The summed E-state index contributed by atoms with van der Waals surface area (Å²) in [5.74, 6) is 1.47. The van der Waals surface area contributed by atoms with Crippen molar-refractivity contribution in [3.63, 3.8) is 0 Å². The number of methoxy groups -OCH3 is 1. The Morgan fingerprint density at radius 1 is 1.42 bits per heavy atom. The normalized spacial score (nSPS) is 17.3. The van der Waals surface area contributed by atoms with Crippen LogP contribution in [-0.4, -0.2) is 46.1 Å². The van der Waals surface area contributed by atoms with Gasteiger partial charge >= 0.3 is 0 Å². The Labute approximate surface area is 151 Å². The molecular weight excluding hydrogens is 332 g/mol. The maximum Gasteiger partial charge on any atom is 0.252 e. The van der Waals surface area contributed by atoms with Gasteiger partial charge in [0.15, 0.2) is 5.82 Å². The molecular formula is C19H22N4O3. The Kier molecular flexibility index (Phi) is 4.71. The smallest absolute Gasteiger partial charge is 0.252 e.